The monoisotopic (exact) mass is 228 g/mol. The molecule has 1 fully saturated rings. The van der Waals surface area contributed by atoms with Gasteiger partial charge in [-0.25, -0.2) is 4.98 Å². The van der Waals surface area contributed by atoms with Crippen LogP contribution in [-0.2, 0) is 0 Å². The standard InChI is InChI=1S/C12H12N4O/c17-12(11-13-7-14-16-11)15-10-6-9(10)8-4-2-1-3-5-8/h1-5,7,9-10H,6H2,(H,15,17)(H,13,14,16). The van der Waals surface area contributed by atoms with E-state index >= 15 is 0 Å². The third-order valence-electron chi connectivity index (χ3n) is 2.96. The number of hydrogen-bond acceptors (Lipinski definition) is 3. The molecule has 0 saturated heterocycles. The van der Waals surface area contributed by atoms with Gasteiger partial charge in [-0.05, 0) is 12.0 Å². The maximum atomic E-state index is 11.7. The van der Waals surface area contributed by atoms with Crippen molar-refractivity contribution in [2.24, 2.45) is 0 Å². The van der Waals surface area contributed by atoms with E-state index in [4.69, 9.17) is 0 Å². The number of carbonyl (C=O) groups excluding carboxylic acids is 1. The molecule has 1 amide bonds. The first-order valence-corrected chi connectivity index (χ1v) is 5.56. The molecular weight excluding hydrogens is 216 g/mol. The second-order valence-corrected chi connectivity index (χ2v) is 4.17. The fourth-order valence-corrected chi connectivity index (χ4v) is 1.97. The molecule has 2 unspecified atom stereocenters. The van der Waals surface area contributed by atoms with Gasteiger partial charge in [-0.15, -0.1) is 0 Å². The van der Waals surface area contributed by atoms with E-state index in [1.165, 1.54) is 11.9 Å². The summed E-state index contributed by atoms with van der Waals surface area (Å²) < 4.78 is 0. The highest BCUT2D eigenvalue weighted by molar-refractivity contribution is 5.90. The lowest BCUT2D eigenvalue weighted by atomic mass is 10.1. The van der Waals surface area contributed by atoms with Crippen LogP contribution in [0.2, 0.25) is 0 Å². The highest BCUT2D eigenvalue weighted by atomic mass is 16.2. The van der Waals surface area contributed by atoms with Crippen molar-refractivity contribution in [1.82, 2.24) is 20.5 Å². The number of aromatic nitrogens is 3. The van der Waals surface area contributed by atoms with Gasteiger partial charge in [0.25, 0.3) is 5.91 Å². The van der Waals surface area contributed by atoms with Crippen molar-refractivity contribution in [3.05, 3.63) is 48.0 Å². The number of nitrogens with one attached hydrogen (secondary N) is 2. The molecule has 5 heteroatoms. The number of rotatable bonds is 3. The van der Waals surface area contributed by atoms with Crippen molar-refractivity contribution in [2.75, 3.05) is 0 Å². The second-order valence-electron chi connectivity index (χ2n) is 4.17. The van der Waals surface area contributed by atoms with E-state index in [-0.39, 0.29) is 17.8 Å². The Kier molecular flexibility index (Phi) is 2.36. The molecule has 0 spiro atoms. The smallest absolute Gasteiger partial charge is 0.288 e. The van der Waals surface area contributed by atoms with Gasteiger partial charge >= 0.3 is 0 Å². The van der Waals surface area contributed by atoms with Gasteiger partial charge in [0.05, 0.1) is 0 Å². The summed E-state index contributed by atoms with van der Waals surface area (Å²) in [4.78, 5) is 15.5. The average Bonchev–Trinajstić information content (AvgIpc) is 2.92. The topological polar surface area (TPSA) is 70.7 Å². The van der Waals surface area contributed by atoms with Crippen LogP contribution in [0.15, 0.2) is 36.7 Å². The van der Waals surface area contributed by atoms with E-state index < -0.39 is 0 Å². The van der Waals surface area contributed by atoms with Crippen LogP contribution < -0.4 is 5.32 Å². The second kappa shape index (κ2) is 4.01. The van der Waals surface area contributed by atoms with Crippen LogP contribution in [0.3, 0.4) is 0 Å². The van der Waals surface area contributed by atoms with Gasteiger partial charge < -0.3 is 5.32 Å². The quantitative estimate of drug-likeness (QED) is 0.826. The lowest BCUT2D eigenvalue weighted by Crippen LogP contribution is -2.27. The lowest BCUT2D eigenvalue weighted by Gasteiger charge is -2.02. The summed E-state index contributed by atoms with van der Waals surface area (Å²) in [5.41, 5.74) is 1.27. The van der Waals surface area contributed by atoms with Gasteiger partial charge in [-0.2, -0.15) is 5.10 Å². The molecule has 0 bridgehead atoms. The highest BCUT2D eigenvalue weighted by Gasteiger charge is 2.39. The first kappa shape index (κ1) is 10.0. The van der Waals surface area contributed by atoms with Crippen molar-refractivity contribution in [3.8, 4) is 0 Å². The van der Waals surface area contributed by atoms with Crippen molar-refractivity contribution in [2.45, 2.75) is 18.4 Å². The van der Waals surface area contributed by atoms with Gasteiger partial charge in [-0.1, -0.05) is 30.3 Å². The zero-order chi connectivity index (χ0) is 11.7. The number of H-pyrrole nitrogens is 1. The van der Waals surface area contributed by atoms with Gasteiger partial charge in [-0.3, -0.25) is 9.89 Å². The Morgan fingerprint density at radius 3 is 2.88 bits per heavy atom. The summed E-state index contributed by atoms with van der Waals surface area (Å²) >= 11 is 0. The zero-order valence-electron chi connectivity index (χ0n) is 9.13. The van der Waals surface area contributed by atoms with Gasteiger partial charge in [0.2, 0.25) is 5.82 Å². The van der Waals surface area contributed by atoms with Crippen LogP contribution in [0.4, 0.5) is 0 Å². The minimum atomic E-state index is -0.189. The summed E-state index contributed by atoms with van der Waals surface area (Å²) in [5, 5.41) is 9.13. The third-order valence-corrected chi connectivity index (χ3v) is 2.96. The van der Waals surface area contributed by atoms with Crippen LogP contribution in [0, 0.1) is 0 Å². The predicted octanol–water partition coefficient (Wildman–Crippen LogP) is 1.09. The predicted molar refractivity (Wildman–Crippen MR) is 61.4 cm³/mol. The first-order chi connectivity index (χ1) is 8.34. The highest BCUT2D eigenvalue weighted by Crippen LogP contribution is 2.40. The van der Waals surface area contributed by atoms with Crippen molar-refractivity contribution in [3.63, 3.8) is 0 Å². The van der Waals surface area contributed by atoms with Crippen LogP contribution in [0.25, 0.3) is 0 Å². The van der Waals surface area contributed by atoms with E-state index in [2.05, 4.69) is 32.6 Å². The Bertz CT molecular complexity index is 509. The lowest BCUT2D eigenvalue weighted by molar-refractivity contribution is 0.0940. The molecular formula is C12H12N4O. The van der Waals surface area contributed by atoms with E-state index in [0.29, 0.717) is 5.92 Å². The molecule has 1 heterocycles. The Morgan fingerprint density at radius 2 is 2.18 bits per heavy atom. The summed E-state index contributed by atoms with van der Waals surface area (Å²) in [6.45, 7) is 0. The molecule has 1 saturated carbocycles. The largest absolute Gasteiger partial charge is 0.346 e. The number of carbonyl (C=O) groups is 1. The minimum absolute atomic E-state index is 0.189. The van der Waals surface area contributed by atoms with Gasteiger partial charge in [0.15, 0.2) is 0 Å². The number of benzene rings is 1. The average molecular weight is 228 g/mol. The molecule has 2 atom stereocenters. The van der Waals surface area contributed by atoms with Crippen molar-refractivity contribution in [1.29, 1.82) is 0 Å². The first-order valence-electron chi connectivity index (χ1n) is 5.56. The van der Waals surface area contributed by atoms with Gasteiger partial charge in [0.1, 0.15) is 6.33 Å². The third kappa shape index (κ3) is 2.04. The Hall–Kier alpha value is -2.17. The van der Waals surface area contributed by atoms with Crippen molar-refractivity contribution < 1.29 is 4.79 Å². The van der Waals surface area contributed by atoms with Crippen LogP contribution >= 0.6 is 0 Å². The van der Waals surface area contributed by atoms with Crippen LogP contribution in [0.5, 0.6) is 0 Å². The molecule has 1 aliphatic rings. The molecule has 17 heavy (non-hydrogen) atoms. The molecule has 1 aliphatic carbocycles. The van der Waals surface area contributed by atoms with Crippen LogP contribution in [-0.4, -0.2) is 27.1 Å². The summed E-state index contributed by atoms with van der Waals surface area (Å²) in [7, 11) is 0. The Labute approximate surface area is 98.3 Å². The Balaban J connectivity index is 1.61. The maximum absolute atomic E-state index is 11.7. The van der Waals surface area contributed by atoms with Crippen LogP contribution in [0.1, 0.15) is 28.5 Å². The van der Waals surface area contributed by atoms with Crippen molar-refractivity contribution >= 4 is 5.91 Å². The summed E-state index contributed by atoms with van der Waals surface area (Å²) in [6, 6.07) is 10.4. The minimum Gasteiger partial charge on any atom is -0.346 e. The molecule has 86 valence electrons. The zero-order valence-corrected chi connectivity index (χ0v) is 9.13. The Morgan fingerprint density at radius 1 is 1.35 bits per heavy atom. The summed E-state index contributed by atoms with van der Waals surface area (Å²) in [5.74, 6) is 0.512. The van der Waals surface area contributed by atoms with E-state index in [1.807, 2.05) is 18.2 Å². The number of hydrogen-bond donors (Lipinski definition) is 2. The molecule has 5 nitrogen and oxygen atoms in total. The molecule has 3 rings (SSSR count). The fraction of sp³-hybridized carbons (Fsp3) is 0.250. The molecule has 2 aromatic rings. The van der Waals surface area contributed by atoms with E-state index in [0.717, 1.165) is 6.42 Å². The number of nitrogens with zero attached hydrogens (tertiary/aromatic N) is 2. The maximum Gasteiger partial charge on any atom is 0.288 e. The molecule has 0 aliphatic heterocycles. The number of aromatic amines is 1. The molecule has 2 N–H and O–H groups in total. The molecule has 0 radical (unpaired) electrons. The van der Waals surface area contributed by atoms with E-state index in [9.17, 15) is 4.79 Å². The van der Waals surface area contributed by atoms with Gasteiger partial charge in [0, 0.05) is 12.0 Å². The number of amides is 1. The van der Waals surface area contributed by atoms with E-state index in [1.54, 1.807) is 0 Å². The molecule has 1 aromatic carbocycles. The molecule has 1 aromatic heterocycles. The normalized spacial score (nSPS) is 22.1. The SMILES string of the molecule is O=C(NC1CC1c1ccccc1)c1ncn[nH]1. The summed E-state index contributed by atoms with van der Waals surface area (Å²) in [6.07, 6.45) is 2.32. The fourth-order valence-electron chi connectivity index (χ4n) is 1.97.